The van der Waals surface area contributed by atoms with Crippen LogP contribution >= 0.6 is 0 Å². The van der Waals surface area contributed by atoms with Gasteiger partial charge in [-0.2, -0.15) is 0 Å². The van der Waals surface area contributed by atoms with E-state index in [0.717, 1.165) is 19.1 Å². The number of carbonyl (C=O) groups excluding carboxylic acids is 2. The maximum absolute atomic E-state index is 10.1. The van der Waals surface area contributed by atoms with E-state index >= 15 is 0 Å². The highest BCUT2D eigenvalue weighted by molar-refractivity contribution is 5.73. The van der Waals surface area contributed by atoms with Gasteiger partial charge in [-0.1, -0.05) is 0 Å². The predicted octanol–water partition coefficient (Wildman–Crippen LogP) is 0.231. The molecule has 9 heavy (non-hydrogen) atoms. The zero-order chi connectivity index (χ0) is 7.11. The molecule has 0 saturated carbocycles. The number of unbranched alkanes of at least 4 members (excludes halogenated alkanes) is 2. The third-order valence-electron chi connectivity index (χ3n) is 0.995. The first-order chi connectivity index (χ1) is 4.27. The van der Waals surface area contributed by atoms with Gasteiger partial charge in [-0.15, -0.1) is 0 Å². The molecule has 0 fully saturated rings. The molecule has 0 aliphatic rings. The molecule has 0 saturated heterocycles. The van der Waals surface area contributed by atoms with Gasteiger partial charge in [-0.05, 0) is 12.8 Å². The lowest BCUT2D eigenvalue weighted by molar-refractivity contribution is -0.118. The van der Waals surface area contributed by atoms with Gasteiger partial charge < -0.3 is 10.5 Å². The van der Waals surface area contributed by atoms with Crippen LogP contribution in [-0.2, 0) is 9.59 Å². The summed E-state index contributed by atoms with van der Waals surface area (Å²) in [4.78, 5) is 19.8. The number of carbonyl (C=O) groups is 2. The summed E-state index contributed by atoms with van der Waals surface area (Å²) < 4.78 is 0. The maximum Gasteiger partial charge on any atom is 0.217 e. The average molecular weight is 129 g/mol. The van der Waals surface area contributed by atoms with Crippen LogP contribution in [0, 0.1) is 0 Å². The quantitative estimate of drug-likeness (QED) is 0.426. The second-order valence-corrected chi connectivity index (χ2v) is 1.88. The molecular formula is C6H11NO2. The molecule has 0 radical (unpaired) electrons. The molecule has 2 N–H and O–H groups in total. The predicted molar refractivity (Wildman–Crippen MR) is 33.7 cm³/mol. The van der Waals surface area contributed by atoms with Crippen LogP contribution in [0.2, 0.25) is 0 Å². The standard InChI is InChI=1S/C6H11NO2/c7-6(9)4-2-1-3-5-8/h5H,1-4H2,(H2,7,9). The number of aldehydes is 1. The Labute approximate surface area is 54.2 Å². The Hall–Kier alpha value is -0.860. The van der Waals surface area contributed by atoms with Gasteiger partial charge in [0.1, 0.15) is 6.29 Å². The van der Waals surface area contributed by atoms with Gasteiger partial charge in [0.05, 0.1) is 0 Å². The summed E-state index contributed by atoms with van der Waals surface area (Å²) in [6.07, 6.45) is 3.28. The molecule has 3 heteroatoms. The summed E-state index contributed by atoms with van der Waals surface area (Å²) in [7, 11) is 0. The second-order valence-electron chi connectivity index (χ2n) is 1.88. The van der Waals surface area contributed by atoms with Crippen molar-refractivity contribution in [2.75, 3.05) is 0 Å². The first-order valence-electron chi connectivity index (χ1n) is 2.99. The van der Waals surface area contributed by atoms with E-state index in [1.54, 1.807) is 0 Å². The van der Waals surface area contributed by atoms with Gasteiger partial charge in [-0.3, -0.25) is 4.79 Å². The Morgan fingerprint density at radius 3 is 2.56 bits per heavy atom. The number of nitrogens with two attached hydrogens (primary N) is 1. The minimum Gasteiger partial charge on any atom is -0.370 e. The molecule has 0 spiro atoms. The molecular weight excluding hydrogens is 118 g/mol. The summed E-state index contributed by atoms with van der Waals surface area (Å²) in [5.41, 5.74) is 4.85. The molecule has 0 rings (SSSR count). The Morgan fingerprint density at radius 1 is 1.44 bits per heavy atom. The van der Waals surface area contributed by atoms with Gasteiger partial charge in [0, 0.05) is 12.8 Å². The van der Waals surface area contributed by atoms with Crippen molar-refractivity contribution < 1.29 is 9.59 Å². The molecule has 0 aliphatic heterocycles. The molecule has 0 bridgehead atoms. The van der Waals surface area contributed by atoms with Crippen LogP contribution in [0.25, 0.3) is 0 Å². The number of primary amides is 1. The fraction of sp³-hybridized carbons (Fsp3) is 0.667. The molecule has 0 aromatic heterocycles. The normalized spacial score (nSPS) is 8.89. The Bertz CT molecular complexity index is 101. The van der Waals surface area contributed by atoms with E-state index in [1.165, 1.54) is 0 Å². The highest BCUT2D eigenvalue weighted by Gasteiger charge is 1.91. The lowest BCUT2D eigenvalue weighted by Crippen LogP contribution is -2.09. The van der Waals surface area contributed by atoms with E-state index in [9.17, 15) is 9.59 Å². The van der Waals surface area contributed by atoms with E-state index < -0.39 is 0 Å². The number of hydrogen-bond acceptors (Lipinski definition) is 2. The van der Waals surface area contributed by atoms with Crippen LogP contribution in [0.1, 0.15) is 25.7 Å². The number of hydrogen-bond donors (Lipinski definition) is 1. The highest BCUT2D eigenvalue weighted by Crippen LogP contribution is 1.95. The molecule has 1 amide bonds. The van der Waals surface area contributed by atoms with Crippen molar-refractivity contribution in [2.45, 2.75) is 25.7 Å². The summed E-state index contributed by atoms with van der Waals surface area (Å²) in [5, 5.41) is 0. The van der Waals surface area contributed by atoms with Crippen molar-refractivity contribution in [1.29, 1.82) is 0 Å². The fourth-order valence-electron chi connectivity index (χ4n) is 0.527. The van der Waals surface area contributed by atoms with Crippen LogP contribution < -0.4 is 5.73 Å². The van der Waals surface area contributed by atoms with Gasteiger partial charge in [0.25, 0.3) is 0 Å². The third kappa shape index (κ3) is 7.14. The molecule has 0 unspecified atom stereocenters. The Kier molecular flexibility index (Phi) is 4.78. The fourth-order valence-corrected chi connectivity index (χ4v) is 0.527. The summed E-state index contributed by atoms with van der Waals surface area (Å²) in [6, 6.07) is 0. The minimum absolute atomic E-state index is 0.291. The Balaban J connectivity index is 2.91. The van der Waals surface area contributed by atoms with E-state index in [2.05, 4.69) is 0 Å². The van der Waals surface area contributed by atoms with Crippen LogP contribution in [0.3, 0.4) is 0 Å². The largest absolute Gasteiger partial charge is 0.370 e. The number of rotatable bonds is 5. The first-order valence-corrected chi connectivity index (χ1v) is 2.99. The first kappa shape index (κ1) is 8.14. The van der Waals surface area contributed by atoms with Crippen LogP contribution in [0.5, 0.6) is 0 Å². The lowest BCUT2D eigenvalue weighted by Gasteiger charge is -1.90. The third-order valence-corrected chi connectivity index (χ3v) is 0.995. The molecule has 0 aromatic rings. The van der Waals surface area contributed by atoms with Crippen LogP contribution in [0.4, 0.5) is 0 Å². The second kappa shape index (κ2) is 5.28. The van der Waals surface area contributed by atoms with Gasteiger partial charge >= 0.3 is 0 Å². The molecule has 0 heterocycles. The summed E-state index contributed by atoms with van der Waals surface area (Å²) in [6.45, 7) is 0. The summed E-state index contributed by atoms with van der Waals surface area (Å²) in [5.74, 6) is -0.291. The Morgan fingerprint density at radius 2 is 2.11 bits per heavy atom. The average Bonchev–Trinajstić information content (AvgIpc) is 1.80. The van der Waals surface area contributed by atoms with Crippen LogP contribution in [0.15, 0.2) is 0 Å². The van der Waals surface area contributed by atoms with Crippen molar-refractivity contribution >= 4 is 12.2 Å². The topological polar surface area (TPSA) is 60.2 Å². The van der Waals surface area contributed by atoms with Crippen molar-refractivity contribution in [2.24, 2.45) is 5.73 Å². The smallest absolute Gasteiger partial charge is 0.217 e. The lowest BCUT2D eigenvalue weighted by atomic mass is 10.2. The van der Waals surface area contributed by atoms with Crippen molar-refractivity contribution in [3.8, 4) is 0 Å². The monoisotopic (exact) mass is 129 g/mol. The molecule has 3 nitrogen and oxygen atoms in total. The minimum atomic E-state index is -0.291. The molecule has 52 valence electrons. The SMILES string of the molecule is NC(=O)CCCCC=O. The highest BCUT2D eigenvalue weighted by atomic mass is 16.1. The zero-order valence-electron chi connectivity index (χ0n) is 5.30. The molecule has 0 atom stereocenters. The number of amides is 1. The van der Waals surface area contributed by atoms with Crippen molar-refractivity contribution in [1.82, 2.24) is 0 Å². The van der Waals surface area contributed by atoms with E-state index in [1.807, 2.05) is 0 Å². The van der Waals surface area contributed by atoms with E-state index in [0.29, 0.717) is 12.8 Å². The molecule has 0 aromatic carbocycles. The zero-order valence-corrected chi connectivity index (χ0v) is 5.30. The van der Waals surface area contributed by atoms with Crippen LogP contribution in [-0.4, -0.2) is 12.2 Å². The van der Waals surface area contributed by atoms with Gasteiger partial charge in [-0.25, -0.2) is 0 Å². The summed E-state index contributed by atoms with van der Waals surface area (Å²) >= 11 is 0. The van der Waals surface area contributed by atoms with Crippen molar-refractivity contribution in [3.63, 3.8) is 0 Å². The van der Waals surface area contributed by atoms with Gasteiger partial charge in [0.15, 0.2) is 0 Å². The maximum atomic E-state index is 10.1. The molecule has 0 aliphatic carbocycles. The van der Waals surface area contributed by atoms with Crippen molar-refractivity contribution in [3.05, 3.63) is 0 Å². The van der Waals surface area contributed by atoms with E-state index in [-0.39, 0.29) is 5.91 Å². The van der Waals surface area contributed by atoms with Gasteiger partial charge in [0.2, 0.25) is 5.91 Å². The van der Waals surface area contributed by atoms with E-state index in [4.69, 9.17) is 5.73 Å².